The minimum Gasteiger partial charge on any atom is -0.496 e. The van der Waals surface area contributed by atoms with Gasteiger partial charge in [-0.1, -0.05) is 27.7 Å². The SMILES string of the molecule is COc1cc(C(C)(C)C)cc(OC)c1CN1CCCC(C)C1C(=O)O. The van der Waals surface area contributed by atoms with Gasteiger partial charge in [0.25, 0.3) is 0 Å². The molecule has 0 aromatic heterocycles. The molecule has 0 bridgehead atoms. The van der Waals surface area contributed by atoms with Crippen molar-refractivity contribution in [2.75, 3.05) is 20.8 Å². The molecule has 5 heteroatoms. The Kier molecular flexibility index (Phi) is 5.99. The number of carboxylic acid groups (broad SMARTS) is 1. The number of nitrogens with zero attached hydrogens (tertiary/aromatic N) is 1. The summed E-state index contributed by atoms with van der Waals surface area (Å²) >= 11 is 0. The van der Waals surface area contributed by atoms with Gasteiger partial charge in [0.05, 0.1) is 19.8 Å². The van der Waals surface area contributed by atoms with E-state index in [1.165, 1.54) is 0 Å². The Morgan fingerprint density at radius 3 is 2.24 bits per heavy atom. The lowest BCUT2D eigenvalue weighted by Crippen LogP contribution is -2.48. The largest absolute Gasteiger partial charge is 0.496 e. The van der Waals surface area contributed by atoms with Crippen molar-refractivity contribution in [3.05, 3.63) is 23.3 Å². The zero-order chi connectivity index (χ0) is 18.8. The van der Waals surface area contributed by atoms with Gasteiger partial charge in [-0.2, -0.15) is 0 Å². The Bertz CT molecular complexity index is 596. The minimum absolute atomic E-state index is 0.0255. The van der Waals surface area contributed by atoms with Crippen molar-refractivity contribution in [2.45, 2.75) is 58.5 Å². The van der Waals surface area contributed by atoms with Crippen LogP contribution in [0.15, 0.2) is 12.1 Å². The van der Waals surface area contributed by atoms with Crippen LogP contribution >= 0.6 is 0 Å². The second-order valence-corrected chi connectivity index (χ2v) is 7.98. The average molecular weight is 349 g/mol. The zero-order valence-electron chi connectivity index (χ0n) is 16.3. The van der Waals surface area contributed by atoms with E-state index in [2.05, 4.69) is 20.8 Å². The smallest absolute Gasteiger partial charge is 0.321 e. The molecule has 2 rings (SSSR count). The van der Waals surface area contributed by atoms with Gasteiger partial charge in [0.1, 0.15) is 17.5 Å². The standard InChI is InChI=1S/C20H31NO4/c1-13-8-7-9-21(18(13)19(22)23)12-15-16(24-5)10-14(20(2,3)4)11-17(15)25-6/h10-11,13,18H,7-9,12H2,1-6H3,(H,22,23). The van der Waals surface area contributed by atoms with E-state index in [9.17, 15) is 9.90 Å². The summed E-state index contributed by atoms with van der Waals surface area (Å²) in [7, 11) is 3.30. The number of carbonyl (C=O) groups is 1. The molecule has 1 aromatic rings. The normalized spacial score (nSPS) is 21.8. The van der Waals surface area contributed by atoms with Gasteiger partial charge < -0.3 is 14.6 Å². The van der Waals surface area contributed by atoms with E-state index in [4.69, 9.17) is 9.47 Å². The lowest BCUT2D eigenvalue weighted by Gasteiger charge is -2.37. The van der Waals surface area contributed by atoms with Crippen LogP contribution in [-0.2, 0) is 16.8 Å². The van der Waals surface area contributed by atoms with Crippen molar-refractivity contribution < 1.29 is 19.4 Å². The third-order valence-corrected chi connectivity index (χ3v) is 5.13. The number of rotatable bonds is 5. The monoisotopic (exact) mass is 349 g/mol. The first-order valence-corrected chi connectivity index (χ1v) is 8.91. The van der Waals surface area contributed by atoms with Crippen LogP contribution in [0.25, 0.3) is 0 Å². The average Bonchev–Trinajstić information content (AvgIpc) is 2.53. The fourth-order valence-electron chi connectivity index (χ4n) is 3.63. The van der Waals surface area contributed by atoms with Gasteiger partial charge in [0.15, 0.2) is 0 Å². The molecule has 25 heavy (non-hydrogen) atoms. The lowest BCUT2D eigenvalue weighted by molar-refractivity contribution is -0.147. The first-order valence-electron chi connectivity index (χ1n) is 8.91. The fraction of sp³-hybridized carbons (Fsp3) is 0.650. The molecule has 5 nitrogen and oxygen atoms in total. The van der Waals surface area contributed by atoms with Crippen molar-refractivity contribution in [2.24, 2.45) is 5.92 Å². The highest BCUT2D eigenvalue weighted by Crippen LogP contribution is 2.37. The number of hydrogen-bond donors (Lipinski definition) is 1. The maximum absolute atomic E-state index is 11.8. The third kappa shape index (κ3) is 4.27. The summed E-state index contributed by atoms with van der Waals surface area (Å²) < 4.78 is 11.3. The number of benzene rings is 1. The fourth-order valence-corrected chi connectivity index (χ4v) is 3.63. The van der Waals surface area contributed by atoms with Gasteiger partial charge in [0.2, 0.25) is 0 Å². The van der Waals surface area contributed by atoms with Gasteiger partial charge in [0, 0.05) is 6.54 Å². The highest BCUT2D eigenvalue weighted by atomic mass is 16.5. The van der Waals surface area contributed by atoms with Crippen molar-refractivity contribution in [3.63, 3.8) is 0 Å². The van der Waals surface area contributed by atoms with E-state index in [1.54, 1.807) is 14.2 Å². The van der Waals surface area contributed by atoms with Crippen molar-refractivity contribution in [1.82, 2.24) is 4.90 Å². The topological polar surface area (TPSA) is 59.0 Å². The molecule has 1 aliphatic heterocycles. The highest BCUT2D eigenvalue weighted by molar-refractivity contribution is 5.74. The van der Waals surface area contributed by atoms with E-state index < -0.39 is 12.0 Å². The highest BCUT2D eigenvalue weighted by Gasteiger charge is 2.35. The first-order chi connectivity index (χ1) is 11.7. The van der Waals surface area contributed by atoms with Gasteiger partial charge in [-0.15, -0.1) is 0 Å². The van der Waals surface area contributed by atoms with Gasteiger partial charge in [-0.25, -0.2) is 0 Å². The quantitative estimate of drug-likeness (QED) is 0.878. The van der Waals surface area contributed by atoms with Crippen LogP contribution in [0.1, 0.15) is 51.7 Å². The number of piperidine rings is 1. The Balaban J connectivity index is 2.42. The maximum atomic E-state index is 11.8. The molecule has 0 radical (unpaired) electrons. The predicted octanol–water partition coefficient (Wildman–Crippen LogP) is 3.69. The van der Waals surface area contributed by atoms with Crippen molar-refractivity contribution in [1.29, 1.82) is 0 Å². The molecule has 0 saturated carbocycles. The number of hydrogen-bond acceptors (Lipinski definition) is 4. The second-order valence-electron chi connectivity index (χ2n) is 7.98. The Labute approximate surface area is 150 Å². The summed E-state index contributed by atoms with van der Waals surface area (Å²) in [5.74, 6) is 0.895. The van der Waals surface area contributed by atoms with Crippen LogP contribution in [0.3, 0.4) is 0 Å². The molecule has 140 valence electrons. The molecule has 1 N–H and O–H groups in total. The third-order valence-electron chi connectivity index (χ3n) is 5.13. The molecule has 2 atom stereocenters. The Hall–Kier alpha value is -1.75. The number of methoxy groups -OCH3 is 2. The van der Waals surface area contributed by atoms with Crippen LogP contribution in [0.5, 0.6) is 11.5 Å². The molecule has 1 heterocycles. The summed E-state index contributed by atoms with van der Waals surface area (Å²) in [6, 6.07) is 3.62. The number of carboxylic acids is 1. The van der Waals surface area contributed by atoms with E-state index in [0.29, 0.717) is 6.54 Å². The van der Waals surface area contributed by atoms with Crippen LogP contribution in [-0.4, -0.2) is 42.8 Å². The zero-order valence-corrected chi connectivity index (χ0v) is 16.3. The summed E-state index contributed by atoms with van der Waals surface area (Å²) in [4.78, 5) is 13.8. The summed E-state index contributed by atoms with van der Waals surface area (Å²) in [6.45, 7) is 9.74. The first kappa shape index (κ1) is 19.6. The number of aliphatic carboxylic acids is 1. The van der Waals surface area contributed by atoms with Crippen LogP contribution in [0, 0.1) is 5.92 Å². The molecule has 2 unspecified atom stereocenters. The van der Waals surface area contributed by atoms with E-state index >= 15 is 0 Å². The Morgan fingerprint density at radius 2 is 1.80 bits per heavy atom. The van der Waals surface area contributed by atoms with Crippen LogP contribution < -0.4 is 9.47 Å². The summed E-state index contributed by atoms with van der Waals surface area (Å²) in [5, 5.41) is 9.66. The van der Waals surface area contributed by atoms with Gasteiger partial charge in [-0.05, 0) is 48.4 Å². The molecular formula is C20H31NO4. The number of ether oxygens (including phenoxy) is 2. The van der Waals surface area contributed by atoms with Crippen molar-refractivity contribution >= 4 is 5.97 Å². The summed E-state index contributed by atoms with van der Waals surface area (Å²) in [5.41, 5.74) is 2.02. The molecule has 0 amide bonds. The second kappa shape index (κ2) is 7.65. The molecule has 1 fully saturated rings. The molecule has 0 aliphatic carbocycles. The minimum atomic E-state index is -0.753. The van der Waals surface area contributed by atoms with Crippen LogP contribution in [0.4, 0.5) is 0 Å². The van der Waals surface area contributed by atoms with Gasteiger partial charge >= 0.3 is 5.97 Å². The summed E-state index contributed by atoms with van der Waals surface area (Å²) in [6.07, 6.45) is 1.96. The van der Waals surface area contributed by atoms with E-state index in [0.717, 1.165) is 42.0 Å². The van der Waals surface area contributed by atoms with Crippen LogP contribution in [0.2, 0.25) is 0 Å². The van der Waals surface area contributed by atoms with E-state index in [-0.39, 0.29) is 11.3 Å². The molecule has 1 aliphatic rings. The maximum Gasteiger partial charge on any atom is 0.321 e. The molecule has 1 saturated heterocycles. The van der Waals surface area contributed by atoms with E-state index in [1.807, 2.05) is 24.0 Å². The van der Waals surface area contributed by atoms with Crippen molar-refractivity contribution in [3.8, 4) is 11.5 Å². The lowest BCUT2D eigenvalue weighted by atomic mass is 9.85. The molecule has 1 aromatic carbocycles. The predicted molar refractivity (Wildman–Crippen MR) is 98.5 cm³/mol. The number of likely N-dealkylation sites (tertiary alicyclic amines) is 1. The Morgan fingerprint density at radius 1 is 1.24 bits per heavy atom. The molecule has 0 spiro atoms. The van der Waals surface area contributed by atoms with Gasteiger partial charge in [-0.3, -0.25) is 9.69 Å². The molecular weight excluding hydrogens is 318 g/mol.